The topological polar surface area (TPSA) is 74.5 Å². The minimum atomic E-state index is -0.0791. The summed E-state index contributed by atoms with van der Waals surface area (Å²) in [5, 5.41) is 3.79. The highest BCUT2D eigenvalue weighted by Gasteiger charge is 2.24. The first-order valence-corrected chi connectivity index (χ1v) is 9.43. The van der Waals surface area contributed by atoms with Gasteiger partial charge in [-0.2, -0.15) is 4.98 Å². The van der Waals surface area contributed by atoms with Gasteiger partial charge < -0.3 is 19.5 Å². The predicted molar refractivity (Wildman–Crippen MR) is 108 cm³/mol. The second kappa shape index (κ2) is 7.90. The summed E-state index contributed by atoms with van der Waals surface area (Å²) < 4.78 is 5.21. The van der Waals surface area contributed by atoms with Crippen molar-refractivity contribution in [2.75, 3.05) is 36.4 Å². The van der Waals surface area contributed by atoms with Gasteiger partial charge in [0.15, 0.2) is 5.76 Å². The Labute approximate surface area is 167 Å². The monoisotopic (exact) mass is 397 g/mol. The van der Waals surface area contributed by atoms with Gasteiger partial charge in [0.1, 0.15) is 5.82 Å². The highest BCUT2D eigenvalue weighted by molar-refractivity contribution is 6.33. The SMILES string of the molecule is Cc1cc(N2CCN(C(=O)c3ccco3)CC2)nc(Nc2ccccc2Cl)n1. The number of nitrogens with one attached hydrogen (secondary N) is 1. The lowest BCUT2D eigenvalue weighted by Gasteiger charge is -2.35. The highest BCUT2D eigenvalue weighted by Crippen LogP contribution is 2.25. The van der Waals surface area contributed by atoms with E-state index in [1.807, 2.05) is 37.3 Å². The molecule has 1 aliphatic heterocycles. The smallest absolute Gasteiger partial charge is 0.289 e. The molecule has 1 amide bonds. The zero-order chi connectivity index (χ0) is 19.5. The molecule has 1 fully saturated rings. The van der Waals surface area contributed by atoms with Gasteiger partial charge in [-0.1, -0.05) is 23.7 Å². The standard InChI is InChI=1S/C20H20ClN5O2/c1-14-13-18(24-20(22-14)23-16-6-3-2-5-15(16)21)25-8-10-26(11-9-25)19(27)17-7-4-12-28-17/h2-7,12-13H,8-11H2,1H3,(H,22,23,24). The van der Waals surface area contributed by atoms with Crippen LogP contribution in [0.5, 0.6) is 0 Å². The summed E-state index contributed by atoms with van der Waals surface area (Å²) in [6.45, 7) is 4.52. The van der Waals surface area contributed by atoms with Crippen LogP contribution in [0.25, 0.3) is 0 Å². The lowest BCUT2D eigenvalue weighted by atomic mass is 10.2. The molecule has 0 radical (unpaired) electrons. The van der Waals surface area contributed by atoms with Crippen LogP contribution in [0.15, 0.2) is 53.1 Å². The molecule has 8 heteroatoms. The Hall–Kier alpha value is -3.06. The normalized spacial score (nSPS) is 14.2. The Morgan fingerprint density at radius 1 is 1.11 bits per heavy atom. The molecule has 3 heterocycles. The first-order valence-electron chi connectivity index (χ1n) is 9.05. The third-order valence-corrected chi connectivity index (χ3v) is 4.91. The number of halogens is 1. The number of hydrogen-bond donors (Lipinski definition) is 1. The summed E-state index contributed by atoms with van der Waals surface area (Å²) in [5.74, 6) is 1.62. The van der Waals surface area contributed by atoms with Crippen molar-refractivity contribution in [2.45, 2.75) is 6.92 Å². The molecule has 28 heavy (non-hydrogen) atoms. The van der Waals surface area contributed by atoms with Crippen molar-refractivity contribution >= 4 is 35.0 Å². The highest BCUT2D eigenvalue weighted by atomic mass is 35.5. The van der Waals surface area contributed by atoms with Gasteiger partial charge in [0.2, 0.25) is 5.95 Å². The molecule has 1 aliphatic rings. The van der Waals surface area contributed by atoms with E-state index in [0.29, 0.717) is 42.9 Å². The summed E-state index contributed by atoms with van der Waals surface area (Å²) in [7, 11) is 0. The first kappa shape index (κ1) is 18.3. The van der Waals surface area contributed by atoms with E-state index in [2.05, 4.69) is 20.2 Å². The average Bonchev–Trinajstić information content (AvgIpc) is 3.24. The average molecular weight is 398 g/mol. The number of hydrogen-bond acceptors (Lipinski definition) is 6. The number of amides is 1. The fourth-order valence-corrected chi connectivity index (χ4v) is 3.33. The first-order chi connectivity index (χ1) is 13.6. The third-order valence-electron chi connectivity index (χ3n) is 4.58. The molecular formula is C20H20ClN5O2. The van der Waals surface area contributed by atoms with Crippen molar-refractivity contribution < 1.29 is 9.21 Å². The number of benzene rings is 1. The molecule has 0 aliphatic carbocycles. The Bertz CT molecular complexity index is 968. The molecule has 0 unspecified atom stereocenters. The molecular weight excluding hydrogens is 378 g/mol. The van der Waals surface area contributed by atoms with Crippen LogP contribution in [0.2, 0.25) is 5.02 Å². The molecule has 0 bridgehead atoms. The Balaban J connectivity index is 1.46. The molecule has 7 nitrogen and oxygen atoms in total. The molecule has 0 atom stereocenters. The minimum Gasteiger partial charge on any atom is -0.459 e. The number of nitrogens with zero attached hydrogens (tertiary/aromatic N) is 4. The Morgan fingerprint density at radius 3 is 2.61 bits per heavy atom. The largest absolute Gasteiger partial charge is 0.459 e. The molecule has 0 saturated carbocycles. The third kappa shape index (κ3) is 3.94. The number of aryl methyl sites for hydroxylation is 1. The molecule has 0 spiro atoms. The van der Waals surface area contributed by atoms with Crippen LogP contribution in [-0.2, 0) is 0 Å². The van der Waals surface area contributed by atoms with Crippen LogP contribution in [0.1, 0.15) is 16.2 Å². The van der Waals surface area contributed by atoms with Gasteiger partial charge in [0.25, 0.3) is 5.91 Å². The lowest BCUT2D eigenvalue weighted by Crippen LogP contribution is -2.49. The maximum absolute atomic E-state index is 12.4. The van der Waals surface area contributed by atoms with Crippen LogP contribution < -0.4 is 10.2 Å². The van der Waals surface area contributed by atoms with Crippen LogP contribution in [0.4, 0.5) is 17.5 Å². The van der Waals surface area contributed by atoms with Crippen LogP contribution in [0, 0.1) is 6.92 Å². The van der Waals surface area contributed by atoms with E-state index in [-0.39, 0.29) is 5.91 Å². The number of carbonyl (C=O) groups excluding carboxylic acids is 1. The second-order valence-electron chi connectivity index (χ2n) is 6.55. The molecule has 1 N–H and O–H groups in total. The summed E-state index contributed by atoms with van der Waals surface area (Å²) in [6, 6.07) is 12.8. The van der Waals surface area contributed by atoms with E-state index in [0.717, 1.165) is 17.2 Å². The van der Waals surface area contributed by atoms with Crippen molar-refractivity contribution in [1.82, 2.24) is 14.9 Å². The van der Waals surface area contributed by atoms with Crippen LogP contribution >= 0.6 is 11.6 Å². The maximum Gasteiger partial charge on any atom is 0.289 e. The number of piperazine rings is 1. The molecule has 144 valence electrons. The van der Waals surface area contributed by atoms with Gasteiger partial charge in [-0.25, -0.2) is 4.98 Å². The van der Waals surface area contributed by atoms with Crippen LogP contribution in [-0.4, -0.2) is 47.0 Å². The van der Waals surface area contributed by atoms with Crippen LogP contribution in [0.3, 0.4) is 0 Å². The van der Waals surface area contributed by atoms with Crippen molar-refractivity contribution in [3.63, 3.8) is 0 Å². The molecule has 2 aromatic heterocycles. The summed E-state index contributed by atoms with van der Waals surface area (Å²) in [4.78, 5) is 25.5. The number of anilines is 3. The van der Waals surface area contributed by atoms with E-state index >= 15 is 0 Å². The van der Waals surface area contributed by atoms with Crippen molar-refractivity contribution in [2.24, 2.45) is 0 Å². The summed E-state index contributed by atoms with van der Waals surface area (Å²) in [5.41, 5.74) is 1.61. The van der Waals surface area contributed by atoms with Crippen molar-refractivity contribution in [3.8, 4) is 0 Å². The number of furan rings is 1. The predicted octanol–water partition coefficient (Wildman–Crippen LogP) is 3.74. The van der Waals surface area contributed by atoms with E-state index in [4.69, 9.17) is 16.0 Å². The molecule has 1 saturated heterocycles. The van der Waals surface area contributed by atoms with E-state index in [9.17, 15) is 4.79 Å². The quantitative estimate of drug-likeness (QED) is 0.722. The van der Waals surface area contributed by atoms with Gasteiger partial charge in [-0.3, -0.25) is 4.79 Å². The van der Waals surface area contributed by atoms with Gasteiger partial charge in [-0.05, 0) is 31.2 Å². The Morgan fingerprint density at radius 2 is 1.89 bits per heavy atom. The number of para-hydroxylation sites is 1. The zero-order valence-electron chi connectivity index (χ0n) is 15.4. The fourth-order valence-electron chi connectivity index (χ4n) is 3.15. The van der Waals surface area contributed by atoms with Gasteiger partial charge in [0, 0.05) is 37.9 Å². The zero-order valence-corrected chi connectivity index (χ0v) is 16.2. The number of carbonyl (C=O) groups is 1. The molecule has 4 rings (SSSR count). The van der Waals surface area contributed by atoms with Crippen molar-refractivity contribution in [3.05, 3.63) is 65.2 Å². The van der Waals surface area contributed by atoms with E-state index in [1.54, 1.807) is 17.0 Å². The second-order valence-corrected chi connectivity index (χ2v) is 6.96. The Kier molecular flexibility index (Phi) is 5.16. The minimum absolute atomic E-state index is 0.0791. The number of aromatic nitrogens is 2. The lowest BCUT2D eigenvalue weighted by molar-refractivity contribution is 0.0714. The van der Waals surface area contributed by atoms with Gasteiger partial charge >= 0.3 is 0 Å². The molecule has 3 aromatic rings. The summed E-state index contributed by atoms with van der Waals surface area (Å²) >= 11 is 6.22. The maximum atomic E-state index is 12.4. The number of rotatable bonds is 4. The fraction of sp³-hybridized carbons (Fsp3) is 0.250. The van der Waals surface area contributed by atoms with Gasteiger partial charge in [0.05, 0.1) is 17.0 Å². The molecule has 1 aromatic carbocycles. The summed E-state index contributed by atoms with van der Waals surface area (Å²) in [6.07, 6.45) is 1.51. The van der Waals surface area contributed by atoms with Crippen molar-refractivity contribution in [1.29, 1.82) is 0 Å². The van der Waals surface area contributed by atoms with Gasteiger partial charge in [-0.15, -0.1) is 0 Å². The van der Waals surface area contributed by atoms with E-state index < -0.39 is 0 Å². The van der Waals surface area contributed by atoms with E-state index in [1.165, 1.54) is 6.26 Å².